The lowest BCUT2D eigenvalue weighted by atomic mass is 9.97. The second-order valence-corrected chi connectivity index (χ2v) is 6.64. The van der Waals surface area contributed by atoms with Crippen molar-refractivity contribution in [1.29, 1.82) is 0 Å². The first-order valence-electron chi connectivity index (χ1n) is 8.65. The highest BCUT2D eigenvalue weighted by atomic mass is 19.4. The topological polar surface area (TPSA) is 62.5 Å². The molecule has 144 valence electrons. The van der Waals surface area contributed by atoms with E-state index < -0.39 is 17.8 Å². The van der Waals surface area contributed by atoms with Crippen molar-refractivity contribution in [2.75, 3.05) is 5.32 Å². The fourth-order valence-corrected chi connectivity index (χ4v) is 3.47. The molecule has 0 aliphatic heterocycles. The minimum absolute atomic E-state index is 0.0692. The van der Waals surface area contributed by atoms with Crippen LogP contribution in [0.1, 0.15) is 29.7 Å². The lowest BCUT2D eigenvalue weighted by molar-refractivity contribution is -0.138. The molecule has 2 aromatic carbocycles. The van der Waals surface area contributed by atoms with Crippen LogP contribution in [0, 0.1) is 6.92 Å². The van der Waals surface area contributed by atoms with Gasteiger partial charge in [-0.3, -0.25) is 4.40 Å². The molecule has 8 heteroatoms. The summed E-state index contributed by atoms with van der Waals surface area (Å²) in [4.78, 5) is 8.67. The average Bonchev–Trinajstić information content (AvgIpc) is 3.09. The van der Waals surface area contributed by atoms with E-state index in [-0.39, 0.29) is 11.3 Å². The van der Waals surface area contributed by atoms with E-state index in [0.29, 0.717) is 22.5 Å². The molecule has 0 saturated heterocycles. The molecular weight excluding hydrogens is 369 g/mol. The average molecular weight is 386 g/mol. The summed E-state index contributed by atoms with van der Waals surface area (Å²) in [5.74, 6) is 0.960. The molecular formula is C20H17F3N4O. The Bertz CT molecular complexity index is 1180. The van der Waals surface area contributed by atoms with Crippen LogP contribution >= 0.6 is 0 Å². The number of rotatable bonds is 3. The van der Waals surface area contributed by atoms with Crippen molar-refractivity contribution in [2.24, 2.45) is 0 Å². The summed E-state index contributed by atoms with van der Waals surface area (Å²) >= 11 is 0. The van der Waals surface area contributed by atoms with E-state index in [1.165, 1.54) is 13.0 Å². The monoisotopic (exact) mass is 386 g/mol. The quantitative estimate of drug-likeness (QED) is 0.515. The maximum Gasteiger partial charge on any atom is 0.416 e. The number of nitrogens with zero attached hydrogens (tertiary/aromatic N) is 3. The number of phenolic OH excluding ortho intramolecular Hbond substituents is 1. The smallest absolute Gasteiger partial charge is 0.416 e. The molecule has 1 atom stereocenters. The van der Waals surface area contributed by atoms with E-state index in [2.05, 4.69) is 15.3 Å². The molecule has 2 N–H and O–H groups in total. The summed E-state index contributed by atoms with van der Waals surface area (Å²) in [6.45, 7) is 3.24. The Kier molecular flexibility index (Phi) is 4.14. The molecule has 0 amide bonds. The number of nitrogens with one attached hydrogen (secondary N) is 1. The van der Waals surface area contributed by atoms with Crippen LogP contribution in [0.2, 0.25) is 0 Å². The van der Waals surface area contributed by atoms with Crippen LogP contribution in [0.3, 0.4) is 0 Å². The molecule has 0 spiro atoms. The van der Waals surface area contributed by atoms with Crippen molar-refractivity contribution in [3.8, 4) is 5.75 Å². The molecule has 28 heavy (non-hydrogen) atoms. The van der Waals surface area contributed by atoms with Gasteiger partial charge in [0, 0.05) is 17.8 Å². The van der Waals surface area contributed by atoms with Gasteiger partial charge in [0.15, 0.2) is 0 Å². The molecule has 0 bridgehead atoms. The summed E-state index contributed by atoms with van der Waals surface area (Å²) in [5.41, 5.74) is 0.811. The minimum atomic E-state index is -4.41. The first-order valence-corrected chi connectivity index (χ1v) is 8.65. The van der Waals surface area contributed by atoms with Crippen LogP contribution in [0.4, 0.5) is 19.0 Å². The Morgan fingerprint density at radius 2 is 1.96 bits per heavy atom. The summed E-state index contributed by atoms with van der Waals surface area (Å²) in [5, 5.41) is 13.7. The highest BCUT2D eigenvalue weighted by Crippen LogP contribution is 2.36. The van der Waals surface area contributed by atoms with E-state index in [1.807, 2.05) is 0 Å². The van der Waals surface area contributed by atoms with Gasteiger partial charge in [-0.1, -0.05) is 12.1 Å². The Hall–Kier alpha value is -3.29. The normalized spacial score (nSPS) is 13.2. The van der Waals surface area contributed by atoms with Crippen molar-refractivity contribution in [2.45, 2.75) is 26.1 Å². The SMILES string of the molecule is Cc1c([C@@H](C)Nc2nc3nccn3c3ccc(O)cc23)cccc1C(F)(F)F. The Labute approximate surface area is 158 Å². The van der Waals surface area contributed by atoms with Gasteiger partial charge in [0.1, 0.15) is 11.6 Å². The van der Waals surface area contributed by atoms with E-state index in [9.17, 15) is 18.3 Å². The third-order valence-corrected chi connectivity index (χ3v) is 4.83. The number of fused-ring (bicyclic) bond motifs is 3. The number of aromatic hydroxyl groups is 1. The van der Waals surface area contributed by atoms with Gasteiger partial charge in [-0.2, -0.15) is 18.2 Å². The molecule has 0 fully saturated rings. The number of halogens is 3. The van der Waals surface area contributed by atoms with Crippen molar-refractivity contribution >= 4 is 22.5 Å². The molecule has 4 rings (SSSR count). The van der Waals surface area contributed by atoms with Crippen LogP contribution < -0.4 is 5.32 Å². The van der Waals surface area contributed by atoms with Crippen LogP contribution in [0.15, 0.2) is 48.8 Å². The molecule has 5 nitrogen and oxygen atoms in total. The highest BCUT2D eigenvalue weighted by Gasteiger charge is 2.33. The summed E-state index contributed by atoms with van der Waals surface area (Å²) in [7, 11) is 0. The lowest BCUT2D eigenvalue weighted by Gasteiger charge is -2.21. The number of phenols is 1. The zero-order valence-electron chi connectivity index (χ0n) is 15.1. The number of anilines is 1. The molecule has 0 radical (unpaired) electrons. The molecule has 0 aliphatic carbocycles. The largest absolute Gasteiger partial charge is 0.508 e. The summed E-state index contributed by atoms with van der Waals surface area (Å²) in [6, 6.07) is 8.56. The van der Waals surface area contributed by atoms with Crippen LogP contribution in [-0.4, -0.2) is 19.5 Å². The van der Waals surface area contributed by atoms with Crippen LogP contribution in [0.5, 0.6) is 5.75 Å². The zero-order valence-corrected chi connectivity index (χ0v) is 15.1. The van der Waals surface area contributed by atoms with E-state index in [4.69, 9.17) is 0 Å². The van der Waals surface area contributed by atoms with Gasteiger partial charge in [-0.15, -0.1) is 0 Å². The number of alkyl halides is 3. The third kappa shape index (κ3) is 3.00. The Morgan fingerprint density at radius 3 is 2.71 bits per heavy atom. The van der Waals surface area contributed by atoms with Gasteiger partial charge in [-0.05, 0) is 49.2 Å². The van der Waals surface area contributed by atoms with Crippen molar-refractivity contribution in [3.05, 3.63) is 65.5 Å². The standard InChI is InChI=1S/C20H17F3N4O/c1-11-14(4-3-5-16(11)20(21,22)23)12(2)25-18-15-10-13(28)6-7-17(15)27-9-8-24-19(27)26-18/h3-10,12,28H,1-2H3,(H,24,25,26)/t12-/m1/s1. The third-order valence-electron chi connectivity index (χ3n) is 4.83. The number of hydrogen-bond acceptors (Lipinski definition) is 4. The van der Waals surface area contributed by atoms with Gasteiger partial charge < -0.3 is 10.4 Å². The van der Waals surface area contributed by atoms with Crippen molar-refractivity contribution in [3.63, 3.8) is 0 Å². The van der Waals surface area contributed by atoms with Gasteiger partial charge in [0.2, 0.25) is 5.78 Å². The second-order valence-electron chi connectivity index (χ2n) is 6.64. The van der Waals surface area contributed by atoms with Gasteiger partial charge in [0.25, 0.3) is 0 Å². The first-order chi connectivity index (χ1) is 13.3. The second kappa shape index (κ2) is 6.40. The van der Waals surface area contributed by atoms with Gasteiger partial charge in [0.05, 0.1) is 17.1 Å². The fourth-order valence-electron chi connectivity index (χ4n) is 3.47. The van der Waals surface area contributed by atoms with Crippen LogP contribution in [-0.2, 0) is 6.18 Å². The van der Waals surface area contributed by atoms with Crippen molar-refractivity contribution < 1.29 is 18.3 Å². The maximum absolute atomic E-state index is 13.2. The van der Waals surface area contributed by atoms with E-state index >= 15 is 0 Å². The summed E-state index contributed by atoms with van der Waals surface area (Å²) < 4.78 is 41.5. The maximum atomic E-state index is 13.2. The zero-order chi connectivity index (χ0) is 20.1. The highest BCUT2D eigenvalue weighted by molar-refractivity contribution is 5.92. The first kappa shape index (κ1) is 18.1. The number of benzene rings is 2. The lowest BCUT2D eigenvalue weighted by Crippen LogP contribution is -2.14. The number of aromatic nitrogens is 3. The summed E-state index contributed by atoms with van der Waals surface area (Å²) in [6.07, 6.45) is -1.05. The predicted octanol–water partition coefficient (Wildman–Crippen LogP) is 5.09. The number of imidazole rings is 1. The molecule has 0 saturated carbocycles. The van der Waals surface area contributed by atoms with E-state index in [0.717, 1.165) is 11.6 Å². The molecule has 2 heterocycles. The molecule has 4 aromatic rings. The van der Waals surface area contributed by atoms with Crippen LogP contribution in [0.25, 0.3) is 16.7 Å². The van der Waals surface area contributed by atoms with Gasteiger partial charge >= 0.3 is 6.18 Å². The van der Waals surface area contributed by atoms with Crippen molar-refractivity contribution in [1.82, 2.24) is 14.4 Å². The van der Waals surface area contributed by atoms with E-state index in [1.54, 1.807) is 48.0 Å². The number of hydrogen-bond donors (Lipinski definition) is 2. The van der Waals surface area contributed by atoms with Gasteiger partial charge in [-0.25, -0.2) is 4.98 Å². The molecule has 0 aliphatic rings. The Morgan fingerprint density at radius 1 is 1.18 bits per heavy atom. The molecule has 0 unspecified atom stereocenters. The molecule has 2 aromatic heterocycles. The minimum Gasteiger partial charge on any atom is -0.508 e. The fraction of sp³-hybridized carbons (Fsp3) is 0.200. The predicted molar refractivity (Wildman–Crippen MR) is 100 cm³/mol. The Balaban J connectivity index is 1.81.